The van der Waals surface area contributed by atoms with Gasteiger partial charge < -0.3 is 0 Å². The molecule has 3 nitrogen and oxygen atoms in total. The Hall–Kier alpha value is -2.19. The first-order chi connectivity index (χ1) is 9.19. The first-order valence-electron chi connectivity index (χ1n) is 5.52. The van der Waals surface area contributed by atoms with Crippen molar-refractivity contribution >= 4 is 21.6 Å². The van der Waals surface area contributed by atoms with E-state index in [0.29, 0.717) is 17.0 Å². The lowest BCUT2D eigenvalue weighted by molar-refractivity contribution is 0.619. The zero-order valence-corrected chi connectivity index (χ0v) is 11.2. The standard InChI is InChI=1S/C14H7BrFN3/c15-10-3-1-9(2-4-10)14-12(7-17)19-8-11(16)5-6-13(19)18-14/h1-6,8H. The maximum absolute atomic E-state index is 13.3. The van der Waals surface area contributed by atoms with Gasteiger partial charge in [-0.1, -0.05) is 28.1 Å². The van der Waals surface area contributed by atoms with Crippen LogP contribution in [0.1, 0.15) is 5.69 Å². The molecular formula is C14H7BrFN3. The molecule has 2 aromatic heterocycles. The molecule has 0 aliphatic heterocycles. The molecular weight excluding hydrogens is 309 g/mol. The molecule has 0 aliphatic rings. The minimum Gasteiger partial charge on any atom is -0.288 e. The van der Waals surface area contributed by atoms with Gasteiger partial charge in [0, 0.05) is 16.2 Å². The number of nitriles is 1. The minimum absolute atomic E-state index is 0.330. The number of imidazole rings is 1. The smallest absolute Gasteiger partial charge is 0.152 e. The molecule has 0 fully saturated rings. The molecule has 0 aliphatic carbocycles. The molecule has 2 heterocycles. The summed E-state index contributed by atoms with van der Waals surface area (Å²) in [6, 6.07) is 12.4. The van der Waals surface area contributed by atoms with E-state index in [1.54, 1.807) is 6.07 Å². The molecule has 0 saturated carbocycles. The third-order valence-electron chi connectivity index (χ3n) is 2.81. The van der Waals surface area contributed by atoms with E-state index in [2.05, 4.69) is 27.0 Å². The predicted molar refractivity (Wildman–Crippen MR) is 73.0 cm³/mol. The Morgan fingerprint density at radius 3 is 2.58 bits per heavy atom. The second-order valence-corrected chi connectivity index (χ2v) is 4.92. The third-order valence-corrected chi connectivity index (χ3v) is 3.33. The first kappa shape index (κ1) is 11.9. The molecule has 19 heavy (non-hydrogen) atoms. The molecule has 0 unspecified atom stereocenters. The fourth-order valence-electron chi connectivity index (χ4n) is 1.93. The van der Waals surface area contributed by atoms with Crippen molar-refractivity contribution < 1.29 is 4.39 Å². The fraction of sp³-hybridized carbons (Fsp3) is 0. The average molecular weight is 316 g/mol. The van der Waals surface area contributed by atoms with Crippen molar-refractivity contribution in [3.8, 4) is 17.3 Å². The molecule has 0 N–H and O–H groups in total. The third kappa shape index (κ3) is 2.00. The second kappa shape index (κ2) is 4.48. The van der Waals surface area contributed by atoms with Crippen molar-refractivity contribution in [3.63, 3.8) is 0 Å². The number of hydrogen-bond donors (Lipinski definition) is 0. The van der Waals surface area contributed by atoms with Gasteiger partial charge in [-0.15, -0.1) is 0 Å². The summed E-state index contributed by atoms with van der Waals surface area (Å²) in [5, 5.41) is 9.27. The molecule has 0 atom stereocenters. The van der Waals surface area contributed by atoms with Crippen molar-refractivity contribution in [2.45, 2.75) is 0 Å². The Morgan fingerprint density at radius 2 is 1.89 bits per heavy atom. The van der Waals surface area contributed by atoms with E-state index in [9.17, 15) is 9.65 Å². The van der Waals surface area contributed by atoms with E-state index < -0.39 is 5.82 Å². The Balaban J connectivity index is 2.29. The van der Waals surface area contributed by atoms with Crippen LogP contribution < -0.4 is 0 Å². The van der Waals surface area contributed by atoms with Gasteiger partial charge in [0.2, 0.25) is 0 Å². The van der Waals surface area contributed by atoms with Crippen LogP contribution in [0.3, 0.4) is 0 Å². The summed E-state index contributed by atoms with van der Waals surface area (Å²) >= 11 is 3.36. The van der Waals surface area contributed by atoms with Crippen molar-refractivity contribution in [2.75, 3.05) is 0 Å². The highest BCUT2D eigenvalue weighted by atomic mass is 79.9. The molecule has 0 amide bonds. The number of hydrogen-bond acceptors (Lipinski definition) is 2. The minimum atomic E-state index is -0.399. The van der Waals surface area contributed by atoms with E-state index in [1.165, 1.54) is 16.7 Å². The van der Waals surface area contributed by atoms with Crippen LogP contribution in [0.15, 0.2) is 47.1 Å². The zero-order valence-electron chi connectivity index (χ0n) is 9.64. The van der Waals surface area contributed by atoms with Crippen LogP contribution in [0.4, 0.5) is 4.39 Å². The topological polar surface area (TPSA) is 41.1 Å². The largest absolute Gasteiger partial charge is 0.288 e. The number of benzene rings is 1. The summed E-state index contributed by atoms with van der Waals surface area (Å²) < 4.78 is 15.7. The van der Waals surface area contributed by atoms with Gasteiger partial charge in [-0.3, -0.25) is 4.40 Å². The van der Waals surface area contributed by atoms with Crippen molar-refractivity contribution in [3.05, 3.63) is 58.6 Å². The molecule has 0 saturated heterocycles. The maximum atomic E-state index is 13.3. The Labute approximate surface area is 117 Å². The van der Waals surface area contributed by atoms with E-state index in [4.69, 9.17) is 0 Å². The Kier molecular flexibility index (Phi) is 2.80. The number of aromatic nitrogens is 2. The average Bonchev–Trinajstić information content (AvgIpc) is 2.77. The number of pyridine rings is 1. The van der Waals surface area contributed by atoms with Crippen LogP contribution >= 0.6 is 15.9 Å². The fourth-order valence-corrected chi connectivity index (χ4v) is 2.20. The van der Waals surface area contributed by atoms with Gasteiger partial charge in [-0.2, -0.15) is 5.26 Å². The van der Waals surface area contributed by atoms with Gasteiger partial charge in [0.15, 0.2) is 5.69 Å². The summed E-state index contributed by atoms with van der Waals surface area (Å²) in [7, 11) is 0. The Morgan fingerprint density at radius 1 is 1.16 bits per heavy atom. The first-order valence-corrected chi connectivity index (χ1v) is 6.32. The summed E-state index contributed by atoms with van der Waals surface area (Å²) in [5.41, 5.74) is 2.26. The second-order valence-electron chi connectivity index (χ2n) is 4.00. The van der Waals surface area contributed by atoms with E-state index >= 15 is 0 Å². The SMILES string of the molecule is N#Cc1c(-c2ccc(Br)cc2)nc2ccc(F)cn12. The normalized spacial score (nSPS) is 10.6. The molecule has 0 bridgehead atoms. The van der Waals surface area contributed by atoms with Crippen LogP contribution in [0.2, 0.25) is 0 Å². The monoisotopic (exact) mass is 315 g/mol. The number of halogens is 2. The van der Waals surface area contributed by atoms with E-state index in [-0.39, 0.29) is 0 Å². The van der Waals surface area contributed by atoms with Gasteiger partial charge in [0.1, 0.15) is 23.2 Å². The number of nitrogens with zero attached hydrogens (tertiary/aromatic N) is 3. The molecule has 5 heteroatoms. The van der Waals surface area contributed by atoms with Gasteiger partial charge in [-0.05, 0) is 24.3 Å². The van der Waals surface area contributed by atoms with Crippen LogP contribution in [-0.4, -0.2) is 9.38 Å². The van der Waals surface area contributed by atoms with E-state index in [0.717, 1.165) is 10.0 Å². The highest BCUT2D eigenvalue weighted by molar-refractivity contribution is 9.10. The molecule has 0 spiro atoms. The highest BCUT2D eigenvalue weighted by Gasteiger charge is 2.13. The number of rotatable bonds is 1. The van der Waals surface area contributed by atoms with Crippen LogP contribution in [0, 0.1) is 17.1 Å². The summed E-state index contributed by atoms with van der Waals surface area (Å²) in [4.78, 5) is 4.38. The highest BCUT2D eigenvalue weighted by Crippen LogP contribution is 2.25. The van der Waals surface area contributed by atoms with Gasteiger partial charge >= 0.3 is 0 Å². The van der Waals surface area contributed by atoms with E-state index in [1.807, 2.05) is 24.3 Å². The summed E-state index contributed by atoms with van der Waals surface area (Å²) in [5.74, 6) is -0.399. The zero-order chi connectivity index (χ0) is 13.4. The molecule has 3 aromatic rings. The van der Waals surface area contributed by atoms with Crippen LogP contribution in [-0.2, 0) is 0 Å². The quantitative estimate of drug-likeness (QED) is 0.685. The van der Waals surface area contributed by atoms with Crippen LogP contribution in [0.5, 0.6) is 0 Å². The molecule has 92 valence electrons. The predicted octanol–water partition coefficient (Wildman–Crippen LogP) is 3.77. The van der Waals surface area contributed by atoms with Crippen molar-refractivity contribution in [1.29, 1.82) is 5.26 Å². The lowest BCUT2D eigenvalue weighted by atomic mass is 10.1. The molecule has 0 radical (unpaired) electrons. The summed E-state index contributed by atoms with van der Waals surface area (Å²) in [6.45, 7) is 0. The summed E-state index contributed by atoms with van der Waals surface area (Å²) in [6.07, 6.45) is 1.27. The van der Waals surface area contributed by atoms with Gasteiger partial charge in [-0.25, -0.2) is 9.37 Å². The number of fused-ring (bicyclic) bond motifs is 1. The van der Waals surface area contributed by atoms with Crippen molar-refractivity contribution in [1.82, 2.24) is 9.38 Å². The maximum Gasteiger partial charge on any atom is 0.152 e. The lowest BCUT2D eigenvalue weighted by Crippen LogP contribution is -1.90. The Bertz CT molecular complexity index is 800. The molecule has 1 aromatic carbocycles. The van der Waals surface area contributed by atoms with Gasteiger partial charge in [0.05, 0.1) is 0 Å². The lowest BCUT2D eigenvalue weighted by Gasteiger charge is -1.98. The van der Waals surface area contributed by atoms with Crippen LogP contribution in [0.25, 0.3) is 16.9 Å². The van der Waals surface area contributed by atoms with Crippen molar-refractivity contribution in [2.24, 2.45) is 0 Å². The van der Waals surface area contributed by atoms with Gasteiger partial charge in [0.25, 0.3) is 0 Å². The molecule has 3 rings (SSSR count).